The highest BCUT2D eigenvalue weighted by molar-refractivity contribution is 6.17. The third-order valence-corrected chi connectivity index (χ3v) is 10.5. The van der Waals surface area contributed by atoms with E-state index in [0.29, 0.717) is 0 Å². The molecule has 0 bridgehead atoms. The van der Waals surface area contributed by atoms with Gasteiger partial charge in [0.1, 0.15) is 5.82 Å². The Kier molecular flexibility index (Phi) is 5.92. The Labute approximate surface area is 293 Å². The molecule has 4 heterocycles. The highest BCUT2D eigenvalue weighted by Crippen LogP contribution is 2.43. The quantitative estimate of drug-likeness (QED) is 0.186. The molecule has 0 fully saturated rings. The Bertz CT molecular complexity index is 3070. The highest BCUT2D eigenvalue weighted by Gasteiger charge is 2.21. The Balaban J connectivity index is 1.29. The Morgan fingerprint density at radius 1 is 0.333 bits per heavy atom. The molecule has 4 nitrogen and oxygen atoms in total. The van der Waals surface area contributed by atoms with Gasteiger partial charge in [0.25, 0.3) is 0 Å². The number of nitrogens with zero attached hydrogens (tertiary/aromatic N) is 4. The van der Waals surface area contributed by atoms with E-state index in [2.05, 4.69) is 184 Å². The van der Waals surface area contributed by atoms with Crippen molar-refractivity contribution in [2.75, 3.05) is 0 Å². The van der Waals surface area contributed by atoms with Gasteiger partial charge in [-0.15, -0.1) is 0 Å². The lowest BCUT2D eigenvalue weighted by molar-refractivity contribution is 1.08. The van der Waals surface area contributed by atoms with Gasteiger partial charge in [-0.25, -0.2) is 4.98 Å². The number of fused-ring (bicyclic) bond motifs is 9. The fraction of sp³-hybridized carbons (Fsp3) is 0. The number of hydrogen-bond acceptors (Lipinski definition) is 1. The summed E-state index contributed by atoms with van der Waals surface area (Å²) in [6.45, 7) is 0. The lowest BCUT2D eigenvalue weighted by Crippen LogP contribution is -1.99. The van der Waals surface area contributed by atoms with Crippen molar-refractivity contribution in [2.24, 2.45) is 0 Å². The van der Waals surface area contributed by atoms with Crippen LogP contribution in [0.4, 0.5) is 0 Å². The first-order valence-corrected chi connectivity index (χ1v) is 17.4. The smallest absolute Gasteiger partial charge is 0.137 e. The third kappa shape index (κ3) is 4.05. The Morgan fingerprint density at radius 2 is 0.863 bits per heavy atom. The summed E-state index contributed by atoms with van der Waals surface area (Å²) in [5.74, 6) is 0.913. The lowest BCUT2D eigenvalue weighted by atomic mass is 9.98. The molecule has 0 N–H and O–H groups in total. The standard InChI is InChI=1S/C47H30N4/c1-2-14-32(15-3-1)50-43-22-10-7-19-37(43)40-30-33(49-41-20-8-4-16-34(41)35-17-5-9-21-42(35)49)29-38(47(40)50)31-25-26-45-39(28-31)36-18-6-11-23-44(36)51(45)46-24-12-13-27-48-46/h1-30H. The summed E-state index contributed by atoms with van der Waals surface area (Å²) >= 11 is 0. The van der Waals surface area contributed by atoms with Gasteiger partial charge in [-0.2, -0.15) is 0 Å². The second-order valence-corrected chi connectivity index (χ2v) is 13.2. The Morgan fingerprint density at radius 3 is 1.51 bits per heavy atom. The minimum atomic E-state index is 0.913. The van der Waals surface area contributed by atoms with E-state index >= 15 is 0 Å². The van der Waals surface area contributed by atoms with Crippen molar-refractivity contribution in [1.29, 1.82) is 0 Å². The highest BCUT2D eigenvalue weighted by atomic mass is 15.1. The summed E-state index contributed by atoms with van der Waals surface area (Å²) in [6, 6.07) is 63.6. The fourth-order valence-electron chi connectivity index (χ4n) is 8.35. The number of aromatic nitrogens is 4. The molecule has 0 atom stereocenters. The van der Waals surface area contributed by atoms with E-state index in [4.69, 9.17) is 4.98 Å². The molecule has 0 unspecified atom stereocenters. The van der Waals surface area contributed by atoms with E-state index in [9.17, 15) is 0 Å². The molecule has 0 aliphatic rings. The van der Waals surface area contributed by atoms with E-state index in [0.717, 1.165) is 28.2 Å². The molecular weight excluding hydrogens is 621 g/mol. The molecule has 0 aliphatic carbocycles. The van der Waals surface area contributed by atoms with Crippen LogP contribution in [-0.4, -0.2) is 18.7 Å². The van der Waals surface area contributed by atoms with E-state index < -0.39 is 0 Å². The van der Waals surface area contributed by atoms with E-state index in [-0.39, 0.29) is 0 Å². The maximum atomic E-state index is 4.76. The maximum Gasteiger partial charge on any atom is 0.137 e. The summed E-state index contributed by atoms with van der Waals surface area (Å²) in [5, 5.41) is 7.37. The van der Waals surface area contributed by atoms with Crippen LogP contribution in [0.5, 0.6) is 0 Å². The number of para-hydroxylation sites is 5. The molecule has 7 aromatic carbocycles. The molecule has 0 saturated carbocycles. The fourth-order valence-corrected chi connectivity index (χ4v) is 8.35. The molecule has 11 aromatic rings. The molecule has 51 heavy (non-hydrogen) atoms. The molecule has 4 heteroatoms. The van der Waals surface area contributed by atoms with Crippen molar-refractivity contribution in [2.45, 2.75) is 0 Å². The topological polar surface area (TPSA) is 27.7 Å². The van der Waals surface area contributed by atoms with Crippen LogP contribution in [0.2, 0.25) is 0 Å². The zero-order valence-corrected chi connectivity index (χ0v) is 27.6. The average Bonchev–Trinajstić information content (AvgIpc) is 3.84. The Hall–Kier alpha value is -6.91. The van der Waals surface area contributed by atoms with Crippen molar-refractivity contribution < 1.29 is 0 Å². The number of pyridine rings is 1. The molecule has 11 rings (SSSR count). The number of hydrogen-bond donors (Lipinski definition) is 0. The van der Waals surface area contributed by atoms with Crippen LogP contribution in [0.25, 0.3) is 93.7 Å². The van der Waals surface area contributed by atoms with Crippen LogP contribution < -0.4 is 0 Å². The van der Waals surface area contributed by atoms with Crippen LogP contribution in [0, 0.1) is 0 Å². The molecule has 4 aromatic heterocycles. The van der Waals surface area contributed by atoms with Gasteiger partial charge in [-0.1, -0.05) is 103 Å². The summed E-state index contributed by atoms with van der Waals surface area (Å²) in [6.07, 6.45) is 1.86. The van der Waals surface area contributed by atoms with Gasteiger partial charge < -0.3 is 9.13 Å². The number of benzene rings is 7. The summed E-state index contributed by atoms with van der Waals surface area (Å²) in [7, 11) is 0. The zero-order chi connectivity index (χ0) is 33.5. The summed E-state index contributed by atoms with van der Waals surface area (Å²) < 4.78 is 7.16. The molecule has 238 valence electrons. The summed E-state index contributed by atoms with van der Waals surface area (Å²) in [5.41, 5.74) is 11.7. The third-order valence-electron chi connectivity index (χ3n) is 10.5. The zero-order valence-electron chi connectivity index (χ0n) is 27.6. The van der Waals surface area contributed by atoms with Crippen molar-refractivity contribution in [3.8, 4) is 28.3 Å². The van der Waals surface area contributed by atoms with Crippen molar-refractivity contribution in [1.82, 2.24) is 18.7 Å². The summed E-state index contributed by atoms with van der Waals surface area (Å²) in [4.78, 5) is 4.76. The molecule has 0 amide bonds. The second-order valence-electron chi connectivity index (χ2n) is 13.2. The average molecular weight is 651 g/mol. The van der Waals surface area contributed by atoms with Crippen LogP contribution >= 0.6 is 0 Å². The van der Waals surface area contributed by atoms with Gasteiger partial charge in [0.15, 0.2) is 0 Å². The lowest BCUT2D eigenvalue weighted by Gasteiger charge is -2.15. The first kappa shape index (κ1) is 28.0. The molecule has 0 saturated heterocycles. The van der Waals surface area contributed by atoms with Crippen LogP contribution in [0.1, 0.15) is 0 Å². The minimum absolute atomic E-state index is 0.913. The number of rotatable bonds is 4. The normalized spacial score (nSPS) is 11.9. The first-order valence-electron chi connectivity index (χ1n) is 17.4. The van der Waals surface area contributed by atoms with Gasteiger partial charge in [-0.3, -0.25) is 4.57 Å². The minimum Gasteiger partial charge on any atom is -0.309 e. The monoisotopic (exact) mass is 650 g/mol. The molecule has 0 aliphatic heterocycles. The van der Waals surface area contributed by atoms with Crippen LogP contribution in [0.3, 0.4) is 0 Å². The molecule has 0 radical (unpaired) electrons. The maximum absolute atomic E-state index is 4.76. The van der Waals surface area contributed by atoms with Crippen molar-refractivity contribution in [3.05, 3.63) is 182 Å². The van der Waals surface area contributed by atoms with Crippen LogP contribution in [-0.2, 0) is 0 Å². The molecular formula is C47H30N4. The van der Waals surface area contributed by atoms with E-state index in [1.54, 1.807) is 0 Å². The van der Waals surface area contributed by atoms with Crippen molar-refractivity contribution in [3.63, 3.8) is 0 Å². The van der Waals surface area contributed by atoms with Gasteiger partial charge in [0.05, 0.1) is 33.1 Å². The SMILES string of the molecule is c1ccc(-n2c3ccccc3c3cc(-n4c5ccccc5c5ccccc54)cc(-c4ccc5c(c4)c4ccccc4n5-c4ccccn4)c32)cc1. The predicted octanol–water partition coefficient (Wildman–Crippen LogP) is 12.0. The van der Waals surface area contributed by atoms with Gasteiger partial charge in [-0.05, 0) is 78.4 Å². The van der Waals surface area contributed by atoms with E-state index in [1.807, 2.05) is 12.3 Å². The second kappa shape index (κ2) is 10.8. The van der Waals surface area contributed by atoms with E-state index in [1.165, 1.54) is 65.5 Å². The largest absolute Gasteiger partial charge is 0.309 e. The van der Waals surface area contributed by atoms with Gasteiger partial charge >= 0.3 is 0 Å². The first-order chi connectivity index (χ1) is 25.3. The molecule has 0 spiro atoms. The van der Waals surface area contributed by atoms with Crippen molar-refractivity contribution >= 4 is 65.4 Å². The van der Waals surface area contributed by atoms with Gasteiger partial charge in [0, 0.05) is 55.5 Å². The van der Waals surface area contributed by atoms with Crippen LogP contribution in [0.15, 0.2) is 182 Å². The predicted molar refractivity (Wildman–Crippen MR) is 213 cm³/mol. The van der Waals surface area contributed by atoms with Gasteiger partial charge in [0.2, 0.25) is 0 Å².